The number of hydrogen-bond acceptors (Lipinski definition) is 4. The summed E-state index contributed by atoms with van der Waals surface area (Å²) < 4.78 is 9.60. The fourth-order valence-corrected chi connectivity index (χ4v) is 0.575. The van der Waals surface area contributed by atoms with Crippen LogP contribution in [0.25, 0.3) is 0 Å². The lowest BCUT2D eigenvalue weighted by Crippen LogP contribution is -2.19. The lowest BCUT2D eigenvalue weighted by atomic mass is 10.5. The summed E-state index contributed by atoms with van der Waals surface area (Å²) in [5, 5.41) is 17.5. The molecule has 4 heteroatoms. The normalized spacial score (nSPS) is 16.9. The monoisotopic (exact) mass is 163 g/mol. The van der Waals surface area contributed by atoms with E-state index in [0.29, 0.717) is 6.42 Å². The van der Waals surface area contributed by atoms with E-state index in [0.717, 1.165) is 0 Å². The summed E-state index contributed by atoms with van der Waals surface area (Å²) in [6.45, 7) is 4.75. The second-order valence-electron chi connectivity index (χ2n) is 2.16. The number of aliphatic hydroxyl groups excluding tert-OH is 2. The largest absolute Gasteiger partial charge is 0.368 e. The van der Waals surface area contributed by atoms with Gasteiger partial charge < -0.3 is 19.7 Å². The number of hydrogen-bond donors (Lipinski definition) is 2. The Balaban J connectivity index is 3.58. The molecule has 1 radical (unpaired) electrons. The van der Waals surface area contributed by atoms with Crippen LogP contribution in [0, 0.1) is 6.29 Å². The first kappa shape index (κ1) is 10.8. The van der Waals surface area contributed by atoms with Crippen LogP contribution in [-0.4, -0.2) is 22.8 Å². The van der Waals surface area contributed by atoms with Crippen molar-refractivity contribution in [2.75, 3.05) is 0 Å². The molecular weight excluding hydrogens is 148 g/mol. The summed E-state index contributed by atoms with van der Waals surface area (Å²) in [7, 11) is 0. The molecule has 0 saturated heterocycles. The van der Waals surface area contributed by atoms with Crippen LogP contribution in [0.1, 0.15) is 27.2 Å². The third-order valence-corrected chi connectivity index (χ3v) is 0.893. The SMILES string of the molecule is CC[C](OC(C)O)OC(C)O. The first-order chi connectivity index (χ1) is 5.06. The van der Waals surface area contributed by atoms with E-state index in [9.17, 15) is 0 Å². The van der Waals surface area contributed by atoms with Crippen molar-refractivity contribution in [2.45, 2.75) is 39.8 Å². The summed E-state index contributed by atoms with van der Waals surface area (Å²) >= 11 is 0. The lowest BCUT2D eigenvalue weighted by Gasteiger charge is -2.17. The molecule has 0 fully saturated rings. The van der Waals surface area contributed by atoms with E-state index in [1.807, 2.05) is 0 Å². The average Bonchev–Trinajstić information content (AvgIpc) is 1.84. The van der Waals surface area contributed by atoms with Crippen molar-refractivity contribution in [3.05, 3.63) is 6.29 Å². The van der Waals surface area contributed by atoms with Crippen molar-refractivity contribution in [2.24, 2.45) is 0 Å². The van der Waals surface area contributed by atoms with Gasteiger partial charge in [0.15, 0.2) is 12.6 Å². The molecule has 0 bridgehead atoms. The molecule has 2 N–H and O–H groups in total. The molecule has 67 valence electrons. The van der Waals surface area contributed by atoms with E-state index in [1.54, 1.807) is 6.92 Å². The van der Waals surface area contributed by atoms with Gasteiger partial charge in [-0.2, -0.15) is 0 Å². The van der Waals surface area contributed by atoms with Gasteiger partial charge in [-0.05, 0) is 13.8 Å². The van der Waals surface area contributed by atoms with Gasteiger partial charge in [0.1, 0.15) is 0 Å². The highest BCUT2D eigenvalue weighted by Crippen LogP contribution is 2.12. The summed E-state index contributed by atoms with van der Waals surface area (Å²) in [5.74, 6) is 0. The van der Waals surface area contributed by atoms with Crippen molar-refractivity contribution in [3.8, 4) is 0 Å². The Morgan fingerprint density at radius 3 is 1.73 bits per heavy atom. The molecule has 0 rings (SSSR count). The molecule has 0 aromatic heterocycles. The van der Waals surface area contributed by atoms with Crippen molar-refractivity contribution in [3.63, 3.8) is 0 Å². The van der Waals surface area contributed by atoms with E-state index in [4.69, 9.17) is 19.7 Å². The zero-order chi connectivity index (χ0) is 8.85. The summed E-state index contributed by atoms with van der Waals surface area (Å²) in [5.41, 5.74) is 0. The molecule has 0 aromatic rings. The minimum atomic E-state index is -0.899. The Kier molecular flexibility index (Phi) is 5.41. The standard InChI is InChI=1S/C7H15O4/c1-4-7(10-5(2)8)11-6(3)9/h5-6,8-9H,4H2,1-3H3. The Bertz CT molecular complexity index is 82.4. The minimum absolute atomic E-state index is 0.245. The average molecular weight is 163 g/mol. The number of rotatable bonds is 5. The zero-order valence-electron chi connectivity index (χ0n) is 7.07. The Morgan fingerprint density at radius 1 is 1.18 bits per heavy atom. The fraction of sp³-hybridized carbons (Fsp3) is 0.857. The van der Waals surface area contributed by atoms with Crippen LogP contribution in [-0.2, 0) is 9.47 Å². The molecule has 11 heavy (non-hydrogen) atoms. The minimum Gasteiger partial charge on any atom is -0.368 e. The second-order valence-corrected chi connectivity index (χ2v) is 2.16. The summed E-state index contributed by atoms with van der Waals surface area (Å²) in [6.07, 6.45) is -1.04. The highest BCUT2D eigenvalue weighted by molar-refractivity contribution is 4.61. The van der Waals surface area contributed by atoms with Crippen LogP contribution in [0.3, 0.4) is 0 Å². The molecule has 0 aliphatic heterocycles. The van der Waals surface area contributed by atoms with Gasteiger partial charge in [-0.3, -0.25) is 0 Å². The number of aliphatic hydroxyl groups is 2. The van der Waals surface area contributed by atoms with E-state index in [1.165, 1.54) is 13.8 Å². The molecule has 0 aromatic carbocycles. The predicted molar refractivity (Wildman–Crippen MR) is 39.1 cm³/mol. The van der Waals surface area contributed by atoms with Gasteiger partial charge in [-0.1, -0.05) is 6.92 Å². The maximum absolute atomic E-state index is 8.76. The smallest absolute Gasteiger partial charge is 0.228 e. The maximum atomic E-state index is 8.76. The van der Waals surface area contributed by atoms with Gasteiger partial charge >= 0.3 is 0 Å². The molecule has 0 aliphatic carbocycles. The summed E-state index contributed by atoms with van der Waals surface area (Å²) in [4.78, 5) is 0. The van der Waals surface area contributed by atoms with E-state index < -0.39 is 12.6 Å². The van der Waals surface area contributed by atoms with Crippen LogP contribution in [0.2, 0.25) is 0 Å². The first-order valence-corrected chi connectivity index (χ1v) is 3.61. The predicted octanol–water partition coefficient (Wildman–Crippen LogP) is 0.596. The Labute approximate surface area is 66.7 Å². The van der Waals surface area contributed by atoms with E-state index in [2.05, 4.69) is 0 Å². The molecule has 2 unspecified atom stereocenters. The van der Waals surface area contributed by atoms with Gasteiger partial charge in [0.05, 0.1) is 0 Å². The number of ether oxygens (including phenoxy) is 2. The molecule has 0 heterocycles. The molecule has 4 nitrogen and oxygen atoms in total. The van der Waals surface area contributed by atoms with Crippen LogP contribution in [0.5, 0.6) is 0 Å². The van der Waals surface area contributed by atoms with Gasteiger partial charge in [-0.25, -0.2) is 0 Å². The molecule has 2 atom stereocenters. The highest BCUT2D eigenvalue weighted by atomic mass is 16.8. The Morgan fingerprint density at radius 2 is 1.55 bits per heavy atom. The lowest BCUT2D eigenvalue weighted by molar-refractivity contribution is -0.203. The zero-order valence-corrected chi connectivity index (χ0v) is 7.07. The fourth-order valence-electron chi connectivity index (χ4n) is 0.575. The van der Waals surface area contributed by atoms with Crippen molar-refractivity contribution >= 4 is 0 Å². The van der Waals surface area contributed by atoms with Crippen LogP contribution in [0.4, 0.5) is 0 Å². The third-order valence-electron chi connectivity index (χ3n) is 0.893. The first-order valence-electron chi connectivity index (χ1n) is 3.61. The van der Waals surface area contributed by atoms with Crippen LogP contribution >= 0.6 is 0 Å². The van der Waals surface area contributed by atoms with Crippen LogP contribution < -0.4 is 0 Å². The van der Waals surface area contributed by atoms with Gasteiger partial charge in [-0.15, -0.1) is 0 Å². The highest BCUT2D eigenvalue weighted by Gasteiger charge is 2.13. The third kappa shape index (κ3) is 6.25. The van der Waals surface area contributed by atoms with Gasteiger partial charge in [0.2, 0.25) is 6.29 Å². The van der Waals surface area contributed by atoms with Gasteiger partial charge in [0, 0.05) is 6.42 Å². The molecule has 0 aliphatic rings. The van der Waals surface area contributed by atoms with Crippen molar-refractivity contribution < 1.29 is 19.7 Å². The van der Waals surface area contributed by atoms with Crippen LogP contribution in [0.15, 0.2) is 0 Å². The van der Waals surface area contributed by atoms with E-state index >= 15 is 0 Å². The van der Waals surface area contributed by atoms with Gasteiger partial charge in [0.25, 0.3) is 0 Å². The quantitative estimate of drug-likeness (QED) is 0.582. The molecular formula is C7H15O4. The van der Waals surface area contributed by atoms with E-state index in [-0.39, 0.29) is 6.29 Å². The maximum Gasteiger partial charge on any atom is 0.228 e. The molecule has 0 saturated carbocycles. The molecule has 0 spiro atoms. The van der Waals surface area contributed by atoms with Crippen molar-refractivity contribution in [1.82, 2.24) is 0 Å². The Hall–Kier alpha value is -0.160. The summed E-state index contributed by atoms with van der Waals surface area (Å²) in [6, 6.07) is 0. The second kappa shape index (κ2) is 5.49. The topological polar surface area (TPSA) is 58.9 Å². The van der Waals surface area contributed by atoms with Crippen molar-refractivity contribution in [1.29, 1.82) is 0 Å². The molecule has 0 amide bonds.